The van der Waals surface area contributed by atoms with Gasteiger partial charge in [-0.3, -0.25) is 4.79 Å². The Morgan fingerprint density at radius 2 is 0.822 bits per heavy atom. The molecule has 548 valence electrons. The Morgan fingerprint density at radius 1 is 0.465 bits per heavy atom. The molecular formula is C66H92N10O18S4Si3+2. The first-order valence-corrected chi connectivity index (χ1v) is 49.9. The fraction of sp³-hybridized carbons (Fsp3) is 0.500. The number of ether oxygens (including phenoxy) is 3. The predicted octanol–water partition coefficient (Wildman–Crippen LogP) is 6.69. The summed E-state index contributed by atoms with van der Waals surface area (Å²) in [4.78, 5) is 35.2. The van der Waals surface area contributed by atoms with E-state index in [-0.39, 0.29) is 88.6 Å². The number of carbonyl (C=O) groups is 1. The van der Waals surface area contributed by atoms with Crippen molar-refractivity contribution in [3.8, 4) is 0 Å². The molecule has 0 saturated heterocycles. The van der Waals surface area contributed by atoms with Crippen LogP contribution in [0.4, 0.5) is 11.6 Å². The van der Waals surface area contributed by atoms with Crippen LogP contribution in [-0.2, 0) is 67.7 Å². The van der Waals surface area contributed by atoms with Gasteiger partial charge in [0.2, 0.25) is 0 Å². The second-order valence-electron chi connectivity index (χ2n) is 28.8. The van der Waals surface area contributed by atoms with Crippen molar-refractivity contribution in [3.63, 3.8) is 0 Å². The average molecular weight is 1530 g/mol. The van der Waals surface area contributed by atoms with Crippen LogP contribution in [0.1, 0.15) is 87.0 Å². The number of carbonyl (C=O) groups excluding carboxylic acids is 1. The second kappa shape index (κ2) is 27.3. The molecule has 2 aromatic heterocycles. The number of unbranched alkanes of at least 4 members (excludes halogenated alkanes) is 1. The summed E-state index contributed by atoms with van der Waals surface area (Å²) < 4.78 is 185. The topological polar surface area (TPSA) is 346 Å². The Bertz CT molecular complexity index is 4830. The molecule has 6 aliphatic heterocycles. The Kier molecular flexibility index (Phi) is 20.2. The SMILES string of the molecule is CCCC[N+](CCC[Si](C)(C)O[Si-2]123(O[Si](C)(C)CCC[N+](CCCS(=O)(=O)O)(CCCS(=O)(=O)O)CCCS(=O)(=O)O)n4c5c6ccccc6c4N=C4c6ccccc6C(=[N+]41)N=c1c4ccccc4c(n12)=NC1=[N+]3C(=N5)c2ccccc21)(CCCS(=O)(=O)O)CCOCCOCCC(=O)OC. The second-order valence-corrected chi connectivity index (χ2v) is 49.4. The number of esters is 1. The summed E-state index contributed by atoms with van der Waals surface area (Å²) in [6.45, 7) is 14.3. The fourth-order valence-corrected chi connectivity index (χ4v) is 41.2. The van der Waals surface area contributed by atoms with E-state index in [1.165, 1.54) is 7.11 Å². The molecule has 8 heterocycles. The number of fused-ring (bicyclic) bond motifs is 12. The van der Waals surface area contributed by atoms with Crippen molar-refractivity contribution in [1.29, 1.82) is 0 Å². The normalized spacial score (nSPS) is 18.1. The number of quaternary nitrogens is 2. The van der Waals surface area contributed by atoms with Crippen LogP contribution in [0, 0.1) is 0 Å². The quantitative estimate of drug-likeness (QED) is 0.0102. The van der Waals surface area contributed by atoms with E-state index in [9.17, 15) is 64.9 Å². The van der Waals surface area contributed by atoms with Crippen molar-refractivity contribution in [1.82, 2.24) is 8.47 Å². The van der Waals surface area contributed by atoms with Crippen molar-refractivity contribution < 1.29 is 96.6 Å². The molecule has 101 heavy (non-hydrogen) atoms. The van der Waals surface area contributed by atoms with Crippen LogP contribution in [0.3, 0.4) is 0 Å². The monoisotopic (exact) mass is 1520 g/mol. The van der Waals surface area contributed by atoms with E-state index in [2.05, 4.69) is 50.1 Å². The summed E-state index contributed by atoms with van der Waals surface area (Å²) in [7, 11) is -31.2. The molecule has 0 bridgehead atoms. The molecule has 6 aliphatic rings. The zero-order valence-electron chi connectivity index (χ0n) is 57.9. The van der Waals surface area contributed by atoms with E-state index >= 15 is 0 Å². The molecule has 28 nitrogen and oxygen atoms in total. The van der Waals surface area contributed by atoms with Crippen LogP contribution >= 0.6 is 0 Å². The van der Waals surface area contributed by atoms with Gasteiger partial charge in [0.1, 0.15) is 0 Å². The Hall–Kier alpha value is -6.24. The van der Waals surface area contributed by atoms with Crippen LogP contribution in [0.5, 0.6) is 0 Å². The summed E-state index contributed by atoms with van der Waals surface area (Å²) in [6.07, 6.45) is 2.55. The number of amidine groups is 4. The molecule has 1 unspecified atom stereocenters. The van der Waals surface area contributed by atoms with Crippen molar-refractivity contribution in [3.05, 3.63) is 130 Å². The Balaban J connectivity index is 1.08. The minimum absolute atomic E-state index is 0.0411. The van der Waals surface area contributed by atoms with E-state index < -0.39 is 87.9 Å². The maximum absolute atomic E-state index is 12.5. The number of nitrogens with zero attached hydrogens (tertiary/aromatic N) is 10. The number of aliphatic imine (C=N–C) groups is 2. The van der Waals surface area contributed by atoms with E-state index in [4.69, 9.17) is 34.2 Å². The minimum atomic E-state index is -7.37. The number of benzene rings is 4. The molecule has 6 aromatic rings. The Labute approximate surface area is 590 Å². The van der Waals surface area contributed by atoms with Gasteiger partial charge in [-0.2, -0.15) is 0 Å². The van der Waals surface area contributed by atoms with E-state index in [1.807, 2.05) is 97.1 Å². The first kappa shape index (κ1) is 74.5. The standard InChI is InChI=1S/C66H90N10O18S4Si3/c1-7-8-32-76(36-20-47-98(87,88)89,39-41-92-43-42-91-40-31-58(77)90-2)38-22-49-100(5,6)94-101(93-99(3,4)48-21-37-75(33-17-44-95(78,79)80,34-18-45-96(81,82)83)35-19-46-97(84,85)86)71-59-50-23-9-10-24-51(50)60(71)68-62-54-27-13-14-28-55(54)64(73(62)101)70-66-57-30-16-15-29-56(57)65(74(66)101)69-63-53-26-12-11-25-52(53)61(67-59)72(63)101/h9-16,23-30H,7-8,17-22,31-49H2,1-6H3,(H2-2,78,79,80,81,82,83,84,85,86,87,88,89)/p+2. The number of hydrogen-bond donors (Lipinski definition) is 4. The fourth-order valence-electron chi connectivity index (χ4n) is 17.0. The number of methoxy groups -OCH3 is 1. The summed E-state index contributed by atoms with van der Waals surface area (Å²) in [5.41, 5.74) is 4.10. The molecular weight excluding hydrogens is 1430 g/mol. The summed E-state index contributed by atoms with van der Waals surface area (Å²) in [5, 5.41) is 3.06. The molecule has 12 rings (SSSR count). The van der Waals surface area contributed by atoms with Gasteiger partial charge < -0.3 is 4.74 Å². The van der Waals surface area contributed by atoms with Gasteiger partial charge in [-0.15, -0.1) is 0 Å². The molecule has 0 amide bonds. The zero-order valence-corrected chi connectivity index (χ0v) is 64.2. The minimum Gasteiger partial charge on any atom is -0.469 e. The smallest absolute Gasteiger partial charge is 0.469 e. The van der Waals surface area contributed by atoms with Gasteiger partial charge in [-0.25, -0.2) is 0 Å². The van der Waals surface area contributed by atoms with Gasteiger partial charge in [-0.1, -0.05) is 0 Å². The molecule has 4 aromatic carbocycles. The van der Waals surface area contributed by atoms with E-state index in [0.717, 1.165) is 56.6 Å². The first-order chi connectivity index (χ1) is 47.7. The molecule has 0 fully saturated rings. The molecule has 35 heteroatoms. The zero-order chi connectivity index (χ0) is 72.3. The number of aromatic nitrogens is 2. The van der Waals surface area contributed by atoms with Gasteiger partial charge in [0.05, 0.1) is 20.1 Å². The third-order valence-corrected chi connectivity index (χ3v) is 40.7. The van der Waals surface area contributed by atoms with Gasteiger partial charge in [0.25, 0.3) is 0 Å². The Morgan fingerprint density at radius 3 is 1.22 bits per heavy atom. The summed E-state index contributed by atoms with van der Waals surface area (Å²) in [5.74, 6) is 0.387. The third-order valence-electron chi connectivity index (χ3n) is 20.8. The van der Waals surface area contributed by atoms with Gasteiger partial charge in [0.15, 0.2) is 0 Å². The molecule has 0 radical (unpaired) electrons. The molecule has 1 atom stereocenters. The van der Waals surface area contributed by atoms with Crippen molar-refractivity contribution in [2.24, 2.45) is 20.0 Å². The summed E-state index contributed by atoms with van der Waals surface area (Å²) in [6, 6.07) is 33.0. The van der Waals surface area contributed by atoms with Crippen molar-refractivity contribution >= 4 is 127 Å². The van der Waals surface area contributed by atoms with Crippen LogP contribution in [0.25, 0.3) is 21.5 Å². The molecule has 0 aliphatic carbocycles. The van der Waals surface area contributed by atoms with Gasteiger partial charge >= 0.3 is 565 Å². The van der Waals surface area contributed by atoms with Gasteiger partial charge in [-0.05, 0) is 0 Å². The van der Waals surface area contributed by atoms with E-state index in [0.29, 0.717) is 108 Å². The van der Waals surface area contributed by atoms with Crippen molar-refractivity contribution in [2.45, 2.75) is 103 Å². The van der Waals surface area contributed by atoms with Crippen LogP contribution in [0.2, 0.25) is 38.3 Å². The number of hydrogen-bond acceptors (Lipinski definition) is 18. The van der Waals surface area contributed by atoms with Crippen LogP contribution in [0.15, 0.2) is 117 Å². The van der Waals surface area contributed by atoms with Gasteiger partial charge in [0, 0.05) is 0 Å². The predicted molar refractivity (Wildman–Crippen MR) is 390 cm³/mol. The molecule has 1 spiro atoms. The van der Waals surface area contributed by atoms with Crippen LogP contribution < -0.4 is 11.0 Å². The number of rotatable bonds is 40. The van der Waals surface area contributed by atoms with Crippen LogP contribution in [-0.4, -0.2) is 240 Å². The summed E-state index contributed by atoms with van der Waals surface area (Å²) >= 11 is 0. The maximum atomic E-state index is 12.5. The third kappa shape index (κ3) is 13.6. The molecule has 0 saturated carbocycles. The van der Waals surface area contributed by atoms with E-state index in [1.54, 1.807) is 0 Å². The van der Waals surface area contributed by atoms with Crippen molar-refractivity contribution in [2.75, 3.05) is 109 Å². The first-order valence-electron chi connectivity index (χ1n) is 34.6. The molecule has 4 N–H and O–H groups in total. The average Bonchev–Trinajstić information content (AvgIpc) is 1.48.